The number of ether oxygens (including phenoxy) is 1. The van der Waals surface area contributed by atoms with Crippen LogP contribution in [-0.2, 0) is 14.3 Å². The Balaban J connectivity index is 2.46. The van der Waals surface area contributed by atoms with Gasteiger partial charge in [-0.3, -0.25) is 9.59 Å². The van der Waals surface area contributed by atoms with Crippen LogP contribution in [0.4, 0.5) is 10.5 Å². The van der Waals surface area contributed by atoms with Crippen LogP contribution in [0.5, 0.6) is 0 Å². The summed E-state index contributed by atoms with van der Waals surface area (Å²) in [6, 6.07) is 10.9. The van der Waals surface area contributed by atoms with Gasteiger partial charge >= 0.3 is 6.09 Å². The normalized spacial score (nSPS) is 12.0. The van der Waals surface area contributed by atoms with Gasteiger partial charge in [-0.1, -0.05) is 67.3 Å². The van der Waals surface area contributed by atoms with Crippen LogP contribution in [0, 0.1) is 27.7 Å². The van der Waals surface area contributed by atoms with Gasteiger partial charge in [-0.25, -0.2) is 4.79 Å². The predicted octanol–water partition coefficient (Wildman–Crippen LogP) is 6.14. The molecule has 0 saturated heterocycles. The number of alkyl carbamates (subject to hydrolysis) is 1. The summed E-state index contributed by atoms with van der Waals surface area (Å²) in [4.78, 5) is 41.3. The number of unbranched alkanes of at least 4 members (excludes halogenated alkanes) is 2. The smallest absolute Gasteiger partial charge is 0.408 e. The molecule has 37 heavy (non-hydrogen) atoms. The van der Waals surface area contributed by atoms with Crippen molar-refractivity contribution in [1.29, 1.82) is 0 Å². The SMILES string of the molecule is CCCCCN(C(=O)CNC(=O)OC(C)(C)C)C(C(=O)Nc1c(C)cccc1C)c1cc(C)cc(C)c1. The van der Waals surface area contributed by atoms with E-state index in [9.17, 15) is 14.4 Å². The number of rotatable bonds is 10. The zero-order chi connectivity index (χ0) is 27.8. The Kier molecular flexibility index (Phi) is 10.7. The third kappa shape index (κ3) is 9.23. The zero-order valence-electron chi connectivity index (χ0n) is 23.7. The van der Waals surface area contributed by atoms with Gasteiger partial charge in [-0.05, 0) is 71.6 Å². The highest BCUT2D eigenvalue weighted by Crippen LogP contribution is 2.28. The van der Waals surface area contributed by atoms with Gasteiger partial charge in [0.1, 0.15) is 18.2 Å². The predicted molar refractivity (Wildman–Crippen MR) is 149 cm³/mol. The van der Waals surface area contributed by atoms with Crippen molar-refractivity contribution < 1.29 is 19.1 Å². The van der Waals surface area contributed by atoms with Crippen molar-refractivity contribution >= 4 is 23.6 Å². The Morgan fingerprint density at radius 2 is 1.54 bits per heavy atom. The quantitative estimate of drug-likeness (QED) is 0.376. The summed E-state index contributed by atoms with van der Waals surface area (Å²) in [6.07, 6.45) is 1.96. The van der Waals surface area contributed by atoms with Crippen molar-refractivity contribution in [3.8, 4) is 0 Å². The summed E-state index contributed by atoms with van der Waals surface area (Å²) >= 11 is 0. The second-order valence-corrected chi connectivity index (χ2v) is 10.7. The fourth-order valence-corrected chi connectivity index (χ4v) is 4.34. The molecule has 2 N–H and O–H groups in total. The van der Waals surface area contributed by atoms with Crippen molar-refractivity contribution in [2.45, 2.75) is 86.3 Å². The number of carbonyl (C=O) groups excluding carboxylic acids is 3. The highest BCUT2D eigenvalue weighted by atomic mass is 16.6. The number of benzene rings is 2. The van der Waals surface area contributed by atoms with E-state index < -0.39 is 17.7 Å². The van der Waals surface area contributed by atoms with Crippen molar-refractivity contribution in [2.75, 3.05) is 18.4 Å². The molecule has 3 amide bonds. The van der Waals surface area contributed by atoms with Gasteiger partial charge < -0.3 is 20.3 Å². The molecule has 2 aromatic carbocycles. The summed E-state index contributed by atoms with van der Waals surface area (Å²) in [5, 5.41) is 5.65. The number of nitrogens with zero attached hydrogens (tertiary/aromatic N) is 1. The minimum atomic E-state index is -0.859. The average molecular weight is 510 g/mol. The molecule has 0 radical (unpaired) electrons. The molecule has 0 aromatic heterocycles. The lowest BCUT2D eigenvalue weighted by atomic mass is 9.98. The summed E-state index contributed by atoms with van der Waals surface area (Å²) in [6.45, 7) is 15.4. The molecule has 1 atom stereocenters. The number of hydrogen-bond donors (Lipinski definition) is 2. The third-order valence-corrected chi connectivity index (χ3v) is 5.95. The van der Waals surface area contributed by atoms with Crippen molar-refractivity contribution in [3.05, 3.63) is 64.2 Å². The largest absolute Gasteiger partial charge is 0.444 e. The first-order chi connectivity index (χ1) is 17.3. The van der Waals surface area contributed by atoms with E-state index in [1.165, 1.54) is 0 Å². The van der Waals surface area contributed by atoms with E-state index in [2.05, 4.69) is 17.6 Å². The summed E-state index contributed by atoms with van der Waals surface area (Å²) in [5.41, 5.74) is 4.71. The van der Waals surface area contributed by atoms with Gasteiger partial charge in [0.15, 0.2) is 0 Å². The summed E-state index contributed by atoms with van der Waals surface area (Å²) in [7, 11) is 0. The molecule has 7 heteroatoms. The van der Waals surface area contributed by atoms with Gasteiger partial charge in [0.05, 0.1) is 0 Å². The maximum atomic E-state index is 13.9. The molecule has 0 fully saturated rings. The molecule has 0 aliphatic rings. The highest BCUT2D eigenvalue weighted by Gasteiger charge is 2.32. The molecule has 202 valence electrons. The number of para-hydroxylation sites is 1. The lowest BCUT2D eigenvalue weighted by Gasteiger charge is -2.32. The number of amides is 3. The number of aryl methyl sites for hydroxylation is 4. The van der Waals surface area contributed by atoms with E-state index in [1.807, 2.05) is 64.1 Å². The number of nitrogens with one attached hydrogen (secondary N) is 2. The van der Waals surface area contributed by atoms with Crippen molar-refractivity contribution in [1.82, 2.24) is 10.2 Å². The maximum Gasteiger partial charge on any atom is 0.408 e. The summed E-state index contributed by atoms with van der Waals surface area (Å²) < 4.78 is 5.30. The van der Waals surface area contributed by atoms with Crippen molar-refractivity contribution in [3.63, 3.8) is 0 Å². The standard InChI is InChI=1S/C30H43N3O4/c1-9-10-11-15-33(25(34)19-31-29(36)37-30(6,7)8)27(24-17-20(2)16-21(3)18-24)28(35)32-26-22(4)13-12-14-23(26)5/h12-14,16-18,27H,9-11,15,19H2,1-8H3,(H,31,36)(H,32,35). The minimum absolute atomic E-state index is 0.265. The van der Waals surface area contributed by atoms with Crippen molar-refractivity contribution in [2.24, 2.45) is 0 Å². The van der Waals surface area contributed by atoms with E-state index in [0.29, 0.717) is 6.54 Å². The molecular formula is C30H43N3O4. The molecule has 0 bridgehead atoms. The minimum Gasteiger partial charge on any atom is -0.444 e. The van der Waals surface area contributed by atoms with E-state index >= 15 is 0 Å². The molecule has 0 spiro atoms. The molecule has 0 heterocycles. The van der Waals surface area contributed by atoms with Gasteiger partial charge in [0, 0.05) is 12.2 Å². The monoisotopic (exact) mass is 509 g/mol. The van der Waals surface area contributed by atoms with Crippen LogP contribution in [0.1, 0.15) is 80.8 Å². The highest BCUT2D eigenvalue weighted by molar-refractivity contribution is 5.99. The van der Waals surface area contributed by atoms with Crippen LogP contribution in [0.15, 0.2) is 36.4 Å². The molecular weight excluding hydrogens is 466 g/mol. The topological polar surface area (TPSA) is 87.7 Å². The second kappa shape index (κ2) is 13.3. The van der Waals surface area contributed by atoms with Crippen LogP contribution >= 0.6 is 0 Å². The molecule has 2 rings (SSSR count). The van der Waals surface area contributed by atoms with Crippen LogP contribution < -0.4 is 10.6 Å². The molecule has 0 saturated carbocycles. The molecule has 0 aliphatic heterocycles. The molecule has 1 unspecified atom stereocenters. The molecule has 2 aromatic rings. The Hall–Kier alpha value is -3.35. The number of carbonyl (C=O) groups is 3. The van der Waals surface area contributed by atoms with Crippen LogP contribution in [0.3, 0.4) is 0 Å². The van der Waals surface area contributed by atoms with E-state index in [1.54, 1.807) is 25.7 Å². The molecule has 7 nitrogen and oxygen atoms in total. The number of anilines is 1. The lowest BCUT2D eigenvalue weighted by Crippen LogP contribution is -2.47. The average Bonchev–Trinajstić information content (AvgIpc) is 2.77. The fourth-order valence-electron chi connectivity index (χ4n) is 4.34. The fraction of sp³-hybridized carbons (Fsp3) is 0.500. The summed E-state index contributed by atoms with van der Waals surface area (Å²) in [5.74, 6) is -0.632. The first-order valence-corrected chi connectivity index (χ1v) is 13.0. The van der Waals surface area contributed by atoms with E-state index in [4.69, 9.17) is 4.74 Å². The maximum absolute atomic E-state index is 13.9. The first kappa shape index (κ1) is 29.9. The Labute approximate surface area is 222 Å². The lowest BCUT2D eigenvalue weighted by molar-refractivity contribution is -0.138. The van der Waals surface area contributed by atoms with E-state index in [-0.39, 0.29) is 18.4 Å². The third-order valence-electron chi connectivity index (χ3n) is 5.95. The van der Waals surface area contributed by atoms with E-state index in [0.717, 1.165) is 52.8 Å². The Bertz CT molecular complexity index is 1060. The van der Waals surface area contributed by atoms with Gasteiger partial charge in [0.2, 0.25) is 5.91 Å². The Morgan fingerprint density at radius 1 is 0.946 bits per heavy atom. The molecule has 0 aliphatic carbocycles. The van der Waals surface area contributed by atoms with Gasteiger partial charge in [-0.15, -0.1) is 0 Å². The van der Waals surface area contributed by atoms with Crippen LogP contribution in [0.2, 0.25) is 0 Å². The van der Waals surface area contributed by atoms with Gasteiger partial charge in [-0.2, -0.15) is 0 Å². The first-order valence-electron chi connectivity index (χ1n) is 13.0. The second-order valence-electron chi connectivity index (χ2n) is 10.7. The van der Waals surface area contributed by atoms with Crippen LogP contribution in [0.25, 0.3) is 0 Å². The Morgan fingerprint density at radius 3 is 2.08 bits per heavy atom. The zero-order valence-corrected chi connectivity index (χ0v) is 23.7. The van der Waals surface area contributed by atoms with Gasteiger partial charge in [0.25, 0.3) is 5.91 Å². The van der Waals surface area contributed by atoms with Crippen LogP contribution in [-0.4, -0.2) is 41.5 Å². The number of hydrogen-bond acceptors (Lipinski definition) is 4.